The van der Waals surface area contributed by atoms with E-state index in [9.17, 15) is 4.79 Å². The lowest BCUT2D eigenvalue weighted by molar-refractivity contribution is -0.134. The van der Waals surface area contributed by atoms with Crippen LogP contribution in [0.3, 0.4) is 0 Å². The van der Waals surface area contributed by atoms with Gasteiger partial charge in [0, 0.05) is 13.1 Å². The molecule has 0 unspecified atom stereocenters. The summed E-state index contributed by atoms with van der Waals surface area (Å²) in [5.41, 5.74) is 8.09. The predicted octanol–water partition coefficient (Wildman–Crippen LogP) is -0.464. The molecule has 0 bridgehead atoms. The van der Waals surface area contributed by atoms with Crippen molar-refractivity contribution in [2.45, 2.75) is 6.42 Å². The molecular formula is C7H11N3O2. The van der Waals surface area contributed by atoms with Crippen LogP contribution in [0.5, 0.6) is 0 Å². The summed E-state index contributed by atoms with van der Waals surface area (Å²) < 4.78 is 5.08. The van der Waals surface area contributed by atoms with Gasteiger partial charge in [-0.05, 0) is 0 Å². The number of ether oxygens (including phenoxy) is 1. The van der Waals surface area contributed by atoms with E-state index in [1.54, 1.807) is 4.90 Å². The Kier molecular flexibility index (Phi) is 3.44. The molecule has 5 heteroatoms. The van der Waals surface area contributed by atoms with Gasteiger partial charge in [-0.1, -0.05) is 0 Å². The second kappa shape index (κ2) is 4.64. The summed E-state index contributed by atoms with van der Waals surface area (Å²) in [6, 6.07) is 0. The number of hydrogen-bond donors (Lipinski definition) is 0. The first-order valence-corrected chi connectivity index (χ1v) is 3.86. The Balaban J connectivity index is 2.34. The number of nitrogens with zero attached hydrogens (tertiary/aromatic N) is 3. The van der Waals surface area contributed by atoms with Gasteiger partial charge in [0.2, 0.25) is 5.91 Å². The first kappa shape index (κ1) is 8.90. The first-order chi connectivity index (χ1) is 5.84. The van der Waals surface area contributed by atoms with Crippen molar-refractivity contribution in [1.82, 2.24) is 4.90 Å². The zero-order valence-electron chi connectivity index (χ0n) is 6.77. The molecule has 0 aliphatic carbocycles. The molecule has 0 radical (unpaired) electrons. The van der Waals surface area contributed by atoms with Gasteiger partial charge in [-0.25, -0.2) is 0 Å². The van der Waals surface area contributed by atoms with Gasteiger partial charge in [0.25, 0.3) is 6.21 Å². The molecule has 1 saturated heterocycles. The van der Waals surface area contributed by atoms with Crippen molar-refractivity contribution in [2.24, 2.45) is 0 Å². The third-order valence-corrected chi connectivity index (χ3v) is 1.71. The van der Waals surface area contributed by atoms with Crippen LogP contribution in [0, 0.1) is 0 Å². The highest BCUT2D eigenvalue weighted by atomic mass is 16.5. The van der Waals surface area contributed by atoms with Crippen molar-refractivity contribution < 1.29 is 14.3 Å². The molecule has 0 saturated carbocycles. The summed E-state index contributed by atoms with van der Waals surface area (Å²) in [4.78, 5) is 15.7. The molecule has 66 valence electrons. The number of rotatable bonds is 2. The molecule has 0 N–H and O–H groups in total. The summed E-state index contributed by atoms with van der Waals surface area (Å²) in [5, 5.41) is 0. The maximum atomic E-state index is 11.2. The van der Waals surface area contributed by atoms with Crippen LogP contribution in [0.4, 0.5) is 0 Å². The molecule has 1 heterocycles. The van der Waals surface area contributed by atoms with Gasteiger partial charge in [0.05, 0.1) is 13.2 Å². The van der Waals surface area contributed by atoms with Crippen LogP contribution in [0.25, 0.3) is 5.53 Å². The highest BCUT2D eigenvalue weighted by molar-refractivity contribution is 5.88. The van der Waals surface area contributed by atoms with Crippen LogP contribution in [0.15, 0.2) is 0 Å². The van der Waals surface area contributed by atoms with Gasteiger partial charge in [-0.3, -0.25) is 4.79 Å². The SMILES string of the molecule is [N-]=[N+]=CCC(=O)N1CCOCC1. The normalized spacial score (nSPS) is 16.8. The standard InChI is InChI=1S/C7H11N3O2/c8-9-2-1-7(11)10-3-5-12-6-4-10/h2H,1,3-6H2. The topological polar surface area (TPSA) is 65.9 Å². The number of amides is 1. The molecule has 1 amide bonds. The van der Waals surface area contributed by atoms with E-state index in [-0.39, 0.29) is 12.3 Å². The third kappa shape index (κ3) is 2.45. The van der Waals surface area contributed by atoms with E-state index in [1.807, 2.05) is 0 Å². The van der Waals surface area contributed by atoms with Crippen LogP contribution in [0.1, 0.15) is 6.42 Å². The van der Waals surface area contributed by atoms with Gasteiger partial charge < -0.3 is 15.2 Å². The molecule has 0 aromatic carbocycles. The van der Waals surface area contributed by atoms with Crippen molar-refractivity contribution in [3.63, 3.8) is 0 Å². The second-order valence-electron chi connectivity index (χ2n) is 2.50. The van der Waals surface area contributed by atoms with Gasteiger partial charge in [-0.2, -0.15) is 4.79 Å². The fourth-order valence-electron chi connectivity index (χ4n) is 1.06. The monoisotopic (exact) mass is 169 g/mol. The van der Waals surface area contributed by atoms with Crippen molar-refractivity contribution >= 4 is 12.1 Å². The summed E-state index contributed by atoms with van der Waals surface area (Å²) in [5.74, 6) is -0.0175. The van der Waals surface area contributed by atoms with Crippen LogP contribution < -0.4 is 0 Å². The lowest BCUT2D eigenvalue weighted by Gasteiger charge is -2.25. The maximum absolute atomic E-state index is 11.2. The molecule has 1 aliphatic heterocycles. The van der Waals surface area contributed by atoms with Crippen LogP contribution in [-0.2, 0) is 9.53 Å². The average molecular weight is 169 g/mol. The van der Waals surface area contributed by atoms with Crippen molar-refractivity contribution in [3.8, 4) is 0 Å². The minimum Gasteiger partial charge on any atom is -0.378 e. The Labute approximate surface area is 70.5 Å². The van der Waals surface area contributed by atoms with E-state index in [4.69, 9.17) is 10.3 Å². The molecule has 1 rings (SSSR count). The summed E-state index contributed by atoms with van der Waals surface area (Å²) in [7, 11) is 0. The van der Waals surface area contributed by atoms with E-state index < -0.39 is 0 Å². The highest BCUT2D eigenvalue weighted by Gasteiger charge is 2.16. The minimum absolute atomic E-state index is 0.0175. The fourth-order valence-corrected chi connectivity index (χ4v) is 1.06. The van der Waals surface area contributed by atoms with Gasteiger partial charge in [0.15, 0.2) is 0 Å². The van der Waals surface area contributed by atoms with E-state index >= 15 is 0 Å². The van der Waals surface area contributed by atoms with Crippen molar-refractivity contribution in [3.05, 3.63) is 5.53 Å². The molecule has 1 fully saturated rings. The molecule has 0 aromatic heterocycles. The first-order valence-electron chi connectivity index (χ1n) is 3.86. The summed E-state index contributed by atoms with van der Waals surface area (Å²) in [6.45, 7) is 2.47. The highest BCUT2D eigenvalue weighted by Crippen LogP contribution is 1.98. The van der Waals surface area contributed by atoms with E-state index in [2.05, 4.69) is 4.79 Å². The predicted molar refractivity (Wildman–Crippen MR) is 41.7 cm³/mol. The zero-order chi connectivity index (χ0) is 8.81. The van der Waals surface area contributed by atoms with Gasteiger partial charge in [0.1, 0.15) is 6.42 Å². The minimum atomic E-state index is -0.0175. The van der Waals surface area contributed by atoms with E-state index in [1.165, 1.54) is 6.21 Å². The number of carbonyl (C=O) groups excluding carboxylic acids is 1. The van der Waals surface area contributed by atoms with E-state index in [0.29, 0.717) is 26.3 Å². The Morgan fingerprint density at radius 3 is 2.83 bits per heavy atom. The lowest BCUT2D eigenvalue weighted by Crippen LogP contribution is -2.40. The number of carbonyl (C=O) groups is 1. The molecule has 0 aromatic rings. The second-order valence-corrected chi connectivity index (χ2v) is 2.50. The molecule has 0 atom stereocenters. The molecule has 0 spiro atoms. The van der Waals surface area contributed by atoms with Crippen LogP contribution >= 0.6 is 0 Å². The summed E-state index contributed by atoms with van der Waals surface area (Å²) >= 11 is 0. The zero-order valence-corrected chi connectivity index (χ0v) is 6.77. The Morgan fingerprint density at radius 2 is 2.25 bits per heavy atom. The van der Waals surface area contributed by atoms with Crippen LogP contribution in [0.2, 0.25) is 0 Å². The number of morpholine rings is 1. The molecular weight excluding hydrogens is 158 g/mol. The summed E-state index contributed by atoms with van der Waals surface area (Å²) in [6.07, 6.45) is 1.36. The Morgan fingerprint density at radius 1 is 1.58 bits per heavy atom. The van der Waals surface area contributed by atoms with Crippen LogP contribution in [-0.4, -0.2) is 48.1 Å². The molecule has 12 heavy (non-hydrogen) atoms. The molecule has 5 nitrogen and oxygen atoms in total. The lowest BCUT2D eigenvalue weighted by atomic mass is 10.3. The van der Waals surface area contributed by atoms with Gasteiger partial charge >= 0.3 is 0 Å². The fraction of sp³-hybridized carbons (Fsp3) is 0.714. The smallest absolute Gasteiger partial charge is 0.266 e. The average Bonchev–Trinajstić information content (AvgIpc) is 2.15. The third-order valence-electron chi connectivity index (χ3n) is 1.71. The quantitative estimate of drug-likeness (QED) is 0.319. The molecule has 1 aliphatic rings. The Hall–Kier alpha value is -1.19. The van der Waals surface area contributed by atoms with Crippen molar-refractivity contribution in [2.75, 3.05) is 26.3 Å². The van der Waals surface area contributed by atoms with Gasteiger partial charge in [-0.15, -0.1) is 0 Å². The van der Waals surface area contributed by atoms with Crippen molar-refractivity contribution in [1.29, 1.82) is 0 Å². The largest absolute Gasteiger partial charge is 0.378 e. The number of hydrogen-bond acceptors (Lipinski definition) is 2. The van der Waals surface area contributed by atoms with E-state index in [0.717, 1.165) is 0 Å². The maximum Gasteiger partial charge on any atom is 0.266 e. The Bertz CT molecular complexity index is 205.